The summed E-state index contributed by atoms with van der Waals surface area (Å²) in [6.45, 7) is 5.41. The average Bonchev–Trinajstić information content (AvgIpc) is 2.88. The van der Waals surface area contributed by atoms with Crippen molar-refractivity contribution in [2.75, 3.05) is 36.8 Å². The molecule has 0 radical (unpaired) electrons. The Bertz CT molecular complexity index is 1420. The summed E-state index contributed by atoms with van der Waals surface area (Å²) in [4.78, 5) is 29.6. The first-order chi connectivity index (χ1) is 16.9. The molecule has 0 spiro atoms. The molecule has 1 atom stereocenters. The van der Waals surface area contributed by atoms with Gasteiger partial charge in [0.1, 0.15) is 23.5 Å². The molecule has 1 unspecified atom stereocenters. The minimum absolute atomic E-state index is 0.0906. The van der Waals surface area contributed by atoms with E-state index < -0.39 is 0 Å². The first-order valence-corrected chi connectivity index (χ1v) is 11.4. The summed E-state index contributed by atoms with van der Waals surface area (Å²) in [5.74, 6) is 1.28. The number of nitrogens with two attached hydrogens (primary N) is 1. The zero-order valence-electron chi connectivity index (χ0n) is 19.6. The summed E-state index contributed by atoms with van der Waals surface area (Å²) in [6, 6.07) is 14.0. The molecule has 1 fully saturated rings. The van der Waals surface area contributed by atoms with Gasteiger partial charge < -0.3 is 19.9 Å². The Balaban J connectivity index is 1.31. The molecule has 2 N–H and O–H groups in total. The monoisotopic (exact) mass is 475 g/mol. The molecule has 4 aromatic rings. The van der Waals surface area contributed by atoms with Gasteiger partial charge in [0, 0.05) is 45.3 Å². The number of ether oxygens (including phenoxy) is 1. The number of hydrogen-bond donors (Lipinski definition) is 1. The topological polar surface area (TPSA) is 102 Å². The molecule has 5 rings (SSSR count). The summed E-state index contributed by atoms with van der Waals surface area (Å²) in [6.07, 6.45) is 1.47. The molecular formula is C25H26FN7O2. The van der Waals surface area contributed by atoms with Gasteiger partial charge in [0.05, 0.1) is 5.52 Å². The Morgan fingerprint density at radius 1 is 1.06 bits per heavy atom. The van der Waals surface area contributed by atoms with Crippen molar-refractivity contribution in [2.24, 2.45) is 7.05 Å². The van der Waals surface area contributed by atoms with Gasteiger partial charge in [-0.1, -0.05) is 18.2 Å². The number of aromatic nitrogens is 4. The highest BCUT2D eigenvalue weighted by Crippen LogP contribution is 2.29. The van der Waals surface area contributed by atoms with Gasteiger partial charge >= 0.3 is 0 Å². The number of fused-ring (bicyclic) bond motifs is 1. The van der Waals surface area contributed by atoms with Gasteiger partial charge in [-0.3, -0.25) is 9.69 Å². The fourth-order valence-electron chi connectivity index (χ4n) is 4.39. The fraction of sp³-hybridized carbons (Fsp3) is 0.280. The number of hydrogen-bond acceptors (Lipinski definition) is 8. The fourth-order valence-corrected chi connectivity index (χ4v) is 4.39. The molecule has 9 nitrogen and oxygen atoms in total. The lowest BCUT2D eigenvalue weighted by molar-refractivity contribution is 0.198. The van der Waals surface area contributed by atoms with E-state index in [1.165, 1.54) is 23.0 Å². The predicted molar refractivity (Wildman–Crippen MR) is 132 cm³/mol. The van der Waals surface area contributed by atoms with Gasteiger partial charge in [0.2, 0.25) is 5.88 Å². The van der Waals surface area contributed by atoms with Crippen molar-refractivity contribution in [3.63, 3.8) is 0 Å². The number of nitrogen functional groups attached to an aromatic ring is 1. The number of benzene rings is 2. The molecule has 3 heterocycles. The van der Waals surface area contributed by atoms with Crippen molar-refractivity contribution in [2.45, 2.75) is 13.0 Å². The third kappa shape index (κ3) is 4.52. The van der Waals surface area contributed by atoms with Crippen LogP contribution in [0.15, 0.2) is 59.7 Å². The highest BCUT2D eigenvalue weighted by Gasteiger charge is 2.23. The van der Waals surface area contributed by atoms with Gasteiger partial charge in [-0.05, 0) is 36.8 Å². The van der Waals surface area contributed by atoms with Crippen molar-refractivity contribution in [1.29, 1.82) is 0 Å². The minimum atomic E-state index is -0.355. The molecule has 1 saturated heterocycles. The van der Waals surface area contributed by atoms with E-state index in [9.17, 15) is 9.18 Å². The Morgan fingerprint density at radius 3 is 2.54 bits per heavy atom. The van der Waals surface area contributed by atoms with Crippen molar-refractivity contribution in [3.8, 4) is 11.6 Å². The lowest BCUT2D eigenvalue weighted by Gasteiger charge is -2.38. The predicted octanol–water partition coefficient (Wildman–Crippen LogP) is 3.12. The van der Waals surface area contributed by atoms with E-state index in [0.29, 0.717) is 22.7 Å². The Kier molecular flexibility index (Phi) is 6.04. The zero-order chi connectivity index (χ0) is 24.5. The molecule has 0 bridgehead atoms. The summed E-state index contributed by atoms with van der Waals surface area (Å²) in [5, 5.41) is 0. The van der Waals surface area contributed by atoms with Crippen molar-refractivity contribution < 1.29 is 9.13 Å². The van der Waals surface area contributed by atoms with Crippen LogP contribution in [0.2, 0.25) is 0 Å². The Labute approximate surface area is 201 Å². The van der Waals surface area contributed by atoms with Gasteiger partial charge in [-0.15, -0.1) is 0 Å². The third-order valence-electron chi connectivity index (χ3n) is 6.48. The largest absolute Gasteiger partial charge is 0.436 e. The first-order valence-electron chi connectivity index (χ1n) is 11.4. The lowest BCUT2D eigenvalue weighted by atomic mass is 10.1. The first kappa shape index (κ1) is 22.7. The Morgan fingerprint density at radius 2 is 1.80 bits per heavy atom. The number of piperazine rings is 1. The van der Waals surface area contributed by atoms with Crippen LogP contribution in [0.3, 0.4) is 0 Å². The van der Waals surface area contributed by atoms with Crippen molar-refractivity contribution in [1.82, 2.24) is 24.4 Å². The second-order valence-corrected chi connectivity index (χ2v) is 8.55. The number of rotatable bonds is 5. The second kappa shape index (κ2) is 9.30. The number of halogens is 1. The molecule has 2 aromatic heterocycles. The number of para-hydroxylation sites is 1. The van der Waals surface area contributed by atoms with Gasteiger partial charge in [0.25, 0.3) is 5.56 Å². The molecule has 10 heteroatoms. The van der Waals surface area contributed by atoms with Crippen LogP contribution in [-0.4, -0.2) is 50.6 Å². The number of aryl methyl sites for hydroxylation is 1. The van der Waals surface area contributed by atoms with E-state index in [1.54, 1.807) is 31.3 Å². The van der Waals surface area contributed by atoms with Gasteiger partial charge in [0.15, 0.2) is 11.6 Å². The third-order valence-corrected chi connectivity index (χ3v) is 6.48. The number of nitrogens with zero attached hydrogens (tertiary/aromatic N) is 6. The van der Waals surface area contributed by atoms with Crippen LogP contribution in [0, 0.1) is 5.82 Å². The molecular weight excluding hydrogens is 449 g/mol. The molecule has 0 aliphatic carbocycles. The molecule has 0 saturated carbocycles. The minimum Gasteiger partial charge on any atom is -0.436 e. The molecule has 0 amide bonds. The van der Waals surface area contributed by atoms with Crippen molar-refractivity contribution in [3.05, 3.63) is 76.6 Å². The van der Waals surface area contributed by atoms with Gasteiger partial charge in [-0.2, -0.15) is 0 Å². The van der Waals surface area contributed by atoms with E-state index in [2.05, 4.69) is 31.7 Å². The van der Waals surface area contributed by atoms with Crippen LogP contribution in [0.5, 0.6) is 11.6 Å². The average molecular weight is 476 g/mol. The maximum absolute atomic E-state index is 13.3. The van der Waals surface area contributed by atoms with Crippen LogP contribution in [0.25, 0.3) is 11.0 Å². The smallest absolute Gasteiger partial charge is 0.293 e. The molecule has 1 aliphatic rings. The van der Waals surface area contributed by atoms with E-state index in [-0.39, 0.29) is 23.2 Å². The SMILES string of the molecule is CC(c1ccc(F)cc1)N1CCN(c2cc(Oc3cccc4c3nc(N)c(=O)n4C)ncn2)CC1. The van der Waals surface area contributed by atoms with E-state index >= 15 is 0 Å². The highest BCUT2D eigenvalue weighted by molar-refractivity contribution is 5.82. The molecule has 35 heavy (non-hydrogen) atoms. The number of anilines is 2. The standard InChI is InChI=1S/C25H26FN7O2/c1-16(17-6-8-18(26)9-7-17)32-10-12-33(13-11-32)21-14-22(29-15-28-21)35-20-5-3-4-19-23(20)30-24(27)25(34)31(19)2/h3-9,14-16H,10-13H2,1-2H3,(H2,27,30). The summed E-state index contributed by atoms with van der Waals surface area (Å²) >= 11 is 0. The van der Waals surface area contributed by atoms with Crippen molar-refractivity contribution >= 4 is 22.7 Å². The van der Waals surface area contributed by atoms with Gasteiger partial charge in [-0.25, -0.2) is 19.3 Å². The van der Waals surface area contributed by atoms with E-state index in [1.807, 2.05) is 12.1 Å². The van der Waals surface area contributed by atoms with Crippen LogP contribution >= 0.6 is 0 Å². The van der Waals surface area contributed by atoms with Crippen LogP contribution in [-0.2, 0) is 7.05 Å². The second-order valence-electron chi connectivity index (χ2n) is 8.55. The lowest BCUT2D eigenvalue weighted by Crippen LogP contribution is -2.47. The molecule has 2 aromatic carbocycles. The normalized spacial score (nSPS) is 15.3. The molecule has 1 aliphatic heterocycles. The summed E-state index contributed by atoms with van der Waals surface area (Å²) in [5.41, 5.74) is 7.63. The van der Waals surface area contributed by atoms with E-state index in [0.717, 1.165) is 37.6 Å². The highest BCUT2D eigenvalue weighted by atomic mass is 19.1. The molecule has 180 valence electrons. The van der Waals surface area contributed by atoms with Crippen LogP contribution in [0.1, 0.15) is 18.5 Å². The zero-order valence-corrected chi connectivity index (χ0v) is 19.6. The maximum Gasteiger partial charge on any atom is 0.293 e. The van der Waals surface area contributed by atoms with Crippen LogP contribution in [0.4, 0.5) is 16.0 Å². The summed E-state index contributed by atoms with van der Waals surface area (Å²) in [7, 11) is 1.64. The van der Waals surface area contributed by atoms with E-state index in [4.69, 9.17) is 10.5 Å². The summed E-state index contributed by atoms with van der Waals surface area (Å²) < 4.78 is 20.8. The quantitative estimate of drug-likeness (QED) is 0.470. The maximum atomic E-state index is 13.3. The Hall–Kier alpha value is -4.05. The van der Waals surface area contributed by atoms with Crippen LogP contribution < -0.4 is 20.9 Å².